The van der Waals surface area contributed by atoms with Crippen LogP contribution in [0.15, 0.2) is 42.0 Å². The van der Waals surface area contributed by atoms with E-state index < -0.39 is 42.3 Å². The van der Waals surface area contributed by atoms with E-state index in [1.165, 1.54) is 0 Å². The van der Waals surface area contributed by atoms with Gasteiger partial charge < -0.3 is 25.0 Å². The zero-order valence-electron chi connectivity index (χ0n) is 21.7. The molecule has 3 atom stereocenters. The average Bonchev–Trinajstić information content (AvgIpc) is 3.47. The third-order valence-electron chi connectivity index (χ3n) is 7.26. The second-order valence-corrected chi connectivity index (χ2v) is 10.6. The van der Waals surface area contributed by atoms with Gasteiger partial charge in [-0.2, -0.15) is 5.26 Å². The number of nitrogens with one attached hydrogen (secondary N) is 1. The molecule has 2 heterocycles. The number of rotatable bonds is 9. The number of benzene rings is 1. The minimum absolute atomic E-state index is 0.0313. The van der Waals surface area contributed by atoms with Crippen LogP contribution in [0, 0.1) is 11.3 Å². The molecule has 37 heavy (non-hydrogen) atoms. The number of nitrogens with zero attached hydrogens (tertiary/aromatic N) is 3. The summed E-state index contributed by atoms with van der Waals surface area (Å²) in [5.41, 5.74) is -0.724. The van der Waals surface area contributed by atoms with E-state index in [-0.39, 0.29) is 25.1 Å². The van der Waals surface area contributed by atoms with E-state index in [1.54, 1.807) is 17.9 Å². The number of carbonyl (C=O) groups is 2. The Morgan fingerprint density at radius 1 is 1.35 bits per heavy atom. The largest absolute Gasteiger partial charge is 0.475 e. The van der Waals surface area contributed by atoms with Crippen LogP contribution in [0.4, 0.5) is 9.18 Å². The predicted molar refractivity (Wildman–Crippen MR) is 137 cm³/mol. The van der Waals surface area contributed by atoms with Gasteiger partial charge in [-0.05, 0) is 58.1 Å². The molecule has 2 aliphatic rings. The third-order valence-corrected chi connectivity index (χ3v) is 7.26. The summed E-state index contributed by atoms with van der Waals surface area (Å²) in [6, 6.07) is 11.1. The Labute approximate surface area is 218 Å². The second kappa shape index (κ2) is 12.1. The molecule has 2 saturated heterocycles. The van der Waals surface area contributed by atoms with Crippen molar-refractivity contribution in [2.75, 3.05) is 26.2 Å². The molecule has 0 aliphatic carbocycles. The number of carbonyl (C=O) groups excluding carboxylic acids is 2. The molecule has 2 aliphatic heterocycles. The lowest BCUT2D eigenvalue weighted by atomic mass is 9.76. The van der Waals surface area contributed by atoms with Gasteiger partial charge in [0.25, 0.3) is 5.91 Å². The molecule has 0 unspecified atom stereocenters. The summed E-state index contributed by atoms with van der Waals surface area (Å²) in [4.78, 5) is 29.4. The van der Waals surface area contributed by atoms with Crippen LogP contribution in [0.5, 0.6) is 0 Å². The summed E-state index contributed by atoms with van der Waals surface area (Å²) in [7, 11) is -1.79. The zero-order chi connectivity index (χ0) is 27.2. The topological polar surface area (TPSA) is 126 Å². The molecule has 9 nitrogen and oxygen atoms in total. The number of hydrogen-bond acceptors (Lipinski definition) is 7. The summed E-state index contributed by atoms with van der Waals surface area (Å²) in [6.07, 6.45) is 1.71. The Bertz CT molecular complexity index is 1030. The maximum absolute atomic E-state index is 13.7. The van der Waals surface area contributed by atoms with Crippen LogP contribution in [0.25, 0.3) is 0 Å². The highest BCUT2D eigenvalue weighted by Gasteiger charge is 2.43. The highest BCUT2D eigenvalue weighted by molar-refractivity contribution is 6.43. The third kappa shape index (κ3) is 7.31. The van der Waals surface area contributed by atoms with Crippen molar-refractivity contribution in [2.45, 2.75) is 69.6 Å². The quantitative estimate of drug-likeness (QED) is 0.261. The minimum Gasteiger partial charge on any atom is -0.447 e. The minimum atomic E-state index is -1.79. The van der Waals surface area contributed by atoms with Crippen molar-refractivity contribution < 1.29 is 28.8 Å². The molecular formula is C26H36BFN4O5. The highest BCUT2D eigenvalue weighted by Crippen LogP contribution is 2.32. The first-order valence-electron chi connectivity index (χ1n) is 12.6. The Kier molecular flexibility index (Phi) is 9.34. The summed E-state index contributed by atoms with van der Waals surface area (Å²) in [6.45, 7) is 6.59. The molecule has 1 aromatic rings. The van der Waals surface area contributed by atoms with E-state index in [4.69, 9.17) is 4.74 Å². The fourth-order valence-corrected chi connectivity index (χ4v) is 5.01. The van der Waals surface area contributed by atoms with Crippen LogP contribution in [0.1, 0.15) is 45.6 Å². The van der Waals surface area contributed by atoms with Crippen molar-refractivity contribution >= 4 is 19.1 Å². The lowest BCUT2D eigenvalue weighted by Gasteiger charge is -2.36. The molecule has 11 heteroatoms. The van der Waals surface area contributed by atoms with Gasteiger partial charge in [0.2, 0.25) is 0 Å². The van der Waals surface area contributed by atoms with E-state index in [0.717, 1.165) is 5.56 Å². The number of nitriles is 1. The number of halogens is 1. The van der Waals surface area contributed by atoms with E-state index in [1.807, 2.05) is 55.1 Å². The molecular weight excluding hydrogens is 478 g/mol. The van der Waals surface area contributed by atoms with Gasteiger partial charge in [-0.15, -0.1) is 0 Å². The zero-order valence-corrected chi connectivity index (χ0v) is 21.7. The molecule has 2 fully saturated rings. The van der Waals surface area contributed by atoms with Crippen molar-refractivity contribution in [1.82, 2.24) is 15.1 Å². The molecule has 3 rings (SSSR count). The van der Waals surface area contributed by atoms with Gasteiger partial charge in [-0.1, -0.05) is 30.3 Å². The molecule has 2 amide bonds. The molecule has 0 radical (unpaired) electrons. The van der Waals surface area contributed by atoms with Gasteiger partial charge in [0.15, 0.2) is 0 Å². The standard InChI is InChI=1S/C26H36BFN4O5/c1-25(2,31-13-10-21(28)17-31)15-20(16-29)23(33)32-12-7-11-26(32,3)18-37-24(34)30-22(27(35)36)14-19-8-5-4-6-9-19/h4-6,8-9,15,21-22,35-36H,7,10-14,17-18H2,1-3H3,(H,30,34)/b20-15+/t21-,22-,26+/m0/s1. The van der Waals surface area contributed by atoms with Crippen LogP contribution in [-0.2, 0) is 16.0 Å². The van der Waals surface area contributed by atoms with Crippen LogP contribution in [-0.4, -0.2) is 88.4 Å². The van der Waals surface area contributed by atoms with Crippen molar-refractivity contribution in [2.24, 2.45) is 0 Å². The Hall–Kier alpha value is -2.94. The van der Waals surface area contributed by atoms with E-state index in [9.17, 15) is 29.3 Å². The predicted octanol–water partition coefficient (Wildman–Crippen LogP) is 1.99. The van der Waals surface area contributed by atoms with Gasteiger partial charge in [0.1, 0.15) is 24.4 Å². The number of ether oxygens (including phenoxy) is 1. The normalized spacial score (nSPS) is 23.4. The first-order chi connectivity index (χ1) is 17.4. The number of alkyl carbamates (subject to hydrolysis) is 1. The number of hydrogen-bond donors (Lipinski definition) is 3. The molecule has 200 valence electrons. The van der Waals surface area contributed by atoms with Gasteiger partial charge in [0, 0.05) is 25.2 Å². The van der Waals surface area contributed by atoms with E-state index in [0.29, 0.717) is 32.4 Å². The second-order valence-electron chi connectivity index (χ2n) is 10.6. The molecule has 1 aromatic carbocycles. The van der Waals surface area contributed by atoms with Gasteiger partial charge >= 0.3 is 13.2 Å². The molecule has 0 aromatic heterocycles. The average molecular weight is 514 g/mol. The maximum atomic E-state index is 13.7. The van der Waals surface area contributed by atoms with Gasteiger partial charge in [-0.25, -0.2) is 9.18 Å². The summed E-state index contributed by atoms with van der Waals surface area (Å²) < 4.78 is 19.2. The molecule has 0 saturated carbocycles. The lowest BCUT2D eigenvalue weighted by Crippen LogP contribution is -2.52. The summed E-state index contributed by atoms with van der Waals surface area (Å²) in [5, 5.41) is 31.7. The fraction of sp³-hybridized carbons (Fsp3) is 0.577. The van der Waals surface area contributed by atoms with Crippen molar-refractivity contribution in [3.63, 3.8) is 0 Å². The van der Waals surface area contributed by atoms with E-state index in [2.05, 4.69) is 5.32 Å². The van der Waals surface area contributed by atoms with Crippen LogP contribution in [0.3, 0.4) is 0 Å². The monoisotopic (exact) mass is 514 g/mol. The van der Waals surface area contributed by atoms with E-state index >= 15 is 0 Å². The van der Waals surface area contributed by atoms with Crippen molar-refractivity contribution in [3.05, 3.63) is 47.5 Å². The fourth-order valence-electron chi connectivity index (χ4n) is 5.01. The Morgan fingerprint density at radius 2 is 2.05 bits per heavy atom. The van der Waals surface area contributed by atoms with Gasteiger partial charge in [0.05, 0.1) is 11.5 Å². The SMILES string of the molecule is CC(C)(/C=C(\C#N)C(=O)N1CCC[C@]1(C)COC(=O)N[C@@H](Cc1ccccc1)B(O)O)N1CC[C@H](F)C1. The molecule has 0 spiro atoms. The molecule has 3 N–H and O–H groups in total. The maximum Gasteiger partial charge on any atom is 0.475 e. The summed E-state index contributed by atoms with van der Waals surface area (Å²) >= 11 is 0. The van der Waals surface area contributed by atoms with Crippen molar-refractivity contribution in [3.8, 4) is 6.07 Å². The number of likely N-dealkylation sites (tertiary alicyclic amines) is 2. The Morgan fingerprint density at radius 3 is 2.65 bits per heavy atom. The first-order valence-corrected chi connectivity index (χ1v) is 12.6. The number of amides is 2. The Balaban J connectivity index is 1.64. The first kappa shape index (κ1) is 28.6. The lowest BCUT2D eigenvalue weighted by molar-refractivity contribution is -0.131. The highest BCUT2D eigenvalue weighted by atomic mass is 19.1. The van der Waals surface area contributed by atoms with Gasteiger partial charge in [-0.3, -0.25) is 9.69 Å². The number of alkyl halides is 1. The van der Waals surface area contributed by atoms with Crippen LogP contribution in [0.2, 0.25) is 0 Å². The smallest absolute Gasteiger partial charge is 0.447 e. The van der Waals surface area contributed by atoms with Crippen LogP contribution >= 0.6 is 0 Å². The summed E-state index contributed by atoms with van der Waals surface area (Å²) in [5.74, 6) is -1.43. The van der Waals surface area contributed by atoms with Crippen LogP contribution < -0.4 is 5.32 Å². The molecule has 0 bridgehead atoms. The van der Waals surface area contributed by atoms with Crippen molar-refractivity contribution in [1.29, 1.82) is 5.26 Å².